The van der Waals surface area contributed by atoms with Crippen LogP contribution in [0.25, 0.3) is 10.8 Å². The molecule has 2 aromatic carbocycles. The van der Waals surface area contributed by atoms with Gasteiger partial charge in [0.2, 0.25) is 0 Å². The van der Waals surface area contributed by atoms with E-state index >= 15 is 0 Å². The number of aromatic carboxylic acids is 1. The van der Waals surface area contributed by atoms with Gasteiger partial charge in [-0.25, -0.2) is 4.79 Å². The van der Waals surface area contributed by atoms with E-state index in [9.17, 15) is 9.90 Å². The standard InChI is InChI=1S/C14H9IO3/c1-2-5-10-8-9-6-3-4-7-11(9)12(14(16)17)13(10)18-15/h1,3-4,6-8H,5H2,(H,16,17). The van der Waals surface area contributed by atoms with Gasteiger partial charge in [0.25, 0.3) is 0 Å². The maximum atomic E-state index is 11.4. The number of fused-ring (bicyclic) bond motifs is 1. The highest BCUT2D eigenvalue weighted by molar-refractivity contribution is 14.1. The highest BCUT2D eigenvalue weighted by atomic mass is 127. The van der Waals surface area contributed by atoms with Gasteiger partial charge in [0.1, 0.15) is 5.56 Å². The molecule has 1 N–H and O–H groups in total. The Balaban J connectivity index is 2.88. The molecular formula is C14H9IO3. The summed E-state index contributed by atoms with van der Waals surface area (Å²) in [7, 11) is 0. The Kier molecular flexibility index (Phi) is 3.72. The van der Waals surface area contributed by atoms with Crippen LogP contribution in [0.1, 0.15) is 15.9 Å². The van der Waals surface area contributed by atoms with Crippen LogP contribution < -0.4 is 3.07 Å². The van der Waals surface area contributed by atoms with Gasteiger partial charge >= 0.3 is 5.97 Å². The molecule has 90 valence electrons. The third-order valence-corrected chi connectivity index (χ3v) is 3.10. The summed E-state index contributed by atoms with van der Waals surface area (Å²) >= 11 is 1.68. The molecular weight excluding hydrogens is 343 g/mol. The number of rotatable bonds is 3. The molecule has 0 spiro atoms. The molecule has 0 radical (unpaired) electrons. The minimum atomic E-state index is -1.02. The second kappa shape index (κ2) is 5.27. The van der Waals surface area contributed by atoms with Gasteiger partial charge in [-0.15, -0.1) is 12.3 Å². The first-order valence-electron chi connectivity index (χ1n) is 5.19. The highest BCUT2D eigenvalue weighted by Gasteiger charge is 2.19. The summed E-state index contributed by atoms with van der Waals surface area (Å²) in [5.74, 6) is 1.83. The molecule has 4 heteroatoms. The minimum Gasteiger partial charge on any atom is -0.478 e. The van der Waals surface area contributed by atoms with Crippen molar-refractivity contribution < 1.29 is 13.0 Å². The van der Waals surface area contributed by atoms with E-state index in [1.54, 1.807) is 35.1 Å². The molecule has 0 bridgehead atoms. The van der Waals surface area contributed by atoms with Crippen LogP contribution in [0.2, 0.25) is 0 Å². The van der Waals surface area contributed by atoms with Crippen molar-refractivity contribution in [1.82, 2.24) is 0 Å². The lowest BCUT2D eigenvalue weighted by Gasteiger charge is -2.11. The summed E-state index contributed by atoms with van der Waals surface area (Å²) in [6, 6.07) is 9.15. The molecule has 0 unspecified atom stereocenters. The summed E-state index contributed by atoms with van der Waals surface area (Å²) in [6.45, 7) is 0. The average molecular weight is 352 g/mol. The van der Waals surface area contributed by atoms with Crippen molar-refractivity contribution in [2.75, 3.05) is 0 Å². The fourth-order valence-corrected chi connectivity index (χ4v) is 2.43. The van der Waals surface area contributed by atoms with Gasteiger partial charge in [-0.05, 0) is 11.5 Å². The van der Waals surface area contributed by atoms with Crippen LogP contribution in [-0.4, -0.2) is 11.1 Å². The van der Waals surface area contributed by atoms with Crippen LogP contribution in [0.5, 0.6) is 5.75 Å². The van der Waals surface area contributed by atoms with Crippen molar-refractivity contribution in [3.63, 3.8) is 0 Å². The summed E-state index contributed by atoms with van der Waals surface area (Å²) in [4.78, 5) is 11.4. The second-order valence-corrected chi connectivity index (χ2v) is 4.16. The minimum absolute atomic E-state index is 0.160. The van der Waals surface area contributed by atoms with Crippen LogP contribution in [0, 0.1) is 12.3 Å². The molecule has 0 aliphatic heterocycles. The van der Waals surface area contributed by atoms with Gasteiger partial charge in [0.05, 0.1) is 0 Å². The lowest BCUT2D eigenvalue weighted by molar-refractivity contribution is 0.0697. The van der Waals surface area contributed by atoms with Gasteiger partial charge in [-0.2, -0.15) is 0 Å². The van der Waals surface area contributed by atoms with Gasteiger partial charge < -0.3 is 8.17 Å². The van der Waals surface area contributed by atoms with Crippen LogP contribution in [0.3, 0.4) is 0 Å². The summed E-state index contributed by atoms with van der Waals surface area (Å²) in [6.07, 6.45) is 5.64. The number of hydrogen-bond donors (Lipinski definition) is 1. The predicted molar refractivity (Wildman–Crippen MR) is 78.1 cm³/mol. The number of terminal acetylenes is 1. The first-order chi connectivity index (χ1) is 8.69. The number of benzene rings is 2. The second-order valence-electron chi connectivity index (χ2n) is 3.72. The molecule has 0 aromatic heterocycles. The van der Waals surface area contributed by atoms with E-state index in [2.05, 4.69) is 5.92 Å². The molecule has 0 saturated heterocycles. The maximum absolute atomic E-state index is 11.4. The van der Waals surface area contributed by atoms with E-state index in [1.165, 1.54) is 0 Å². The van der Waals surface area contributed by atoms with E-state index in [4.69, 9.17) is 9.49 Å². The number of hydrogen-bond acceptors (Lipinski definition) is 2. The van der Waals surface area contributed by atoms with Crippen molar-refractivity contribution in [2.24, 2.45) is 0 Å². The van der Waals surface area contributed by atoms with E-state index in [-0.39, 0.29) is 5.56 Å². The number of carboxylic acid groups (broad SMARTS) is 1. The van der Waals surface area contributed by atoms with E-state index < -0.39 is 5.97 Å². The smallest absolute Gasteiger partial charge is 0.340 e. The van der Waals surface area contributed by atoms with Crippen LogP contribution in [-0.2, 0) is 6.42 Å². The quantitative estimate of drug-likeness (QED) is 0.680. The van der Waals surface area contributed by atoms with Crippen molar-refractivity contribution >= 4 is 39.7 Å². The average Bonchev–Trinajstić information content (AvgIpc) is 2.37. The number of carbonyl (C=O) groups is 1. The molecule has 0 atom stereocenters. The zero-order valence-corrected chi connectivity index (χ0v) is 11.5. The van der Waals surface area contributed by atoms with Crippen molar-refractivity contribution in [2.45, 2.75) is 6.42 Å². The molecule has 0 aliphatic rings. The number of carboxylic acids is 1. The topological polar surface area (TPSA) is 46.5 Å². The molecule has 0 fully saturated rings. The molecule has 0 aliphatic carbocycles. The summed E-state index contributed by atoms with van der Waals surface area (Å²) in [5.41, 5.74) is 0.871. The van der Waals surface area contributed by atoms with Gasteiger partial charge in [0, 0.05) is 17.4 Å². The normalized spacial score (nSPS) is 10.0. The Morgan fingerprint density at radius 2 is 2.17 bits per heavy atom. The summed E-state index contributed by atoms with van der Waals surface area (Å²) in [5, 5.41) is 10.8. The van der Waals surface area contributed by atoms with Gasteiger partial charge in [0.15, 0.2) is 28.8 Å². The third kappa shape index (κ3) is 2.14. The third-order valence-electron chi connectivity index (χ3n) is 2.66. The van der Waals surface area contributed by atoms with Crippen LogP contribution in [0.4, 0.5) is 0 Å². The SMILES string of the molecule is C#CCc1cc2ccccc2c(C(=O)O)c1OI. The Bertz CT molecular complexity index is 656. The lowest BCUT2D eigenvalue weighted by atomic mass is 9.98. The van der Waals surface area contributed by atoms with E-state index in [1.807, 2.05) is 18.2 Å². The zero-order chi connectivity index (χ0) is 13.1. The first kappa shape index (κ1) is 12.7. The number of halogens is 1. The molecule has 3 nitrogen and oxygen atoms in total. The molecule has 0 amide bonds. The zero-order valence-electron chi connectivity index (χ0n) is 9.31. The monoisotopic (exact) mass is 352 g/mol. The van der Waals surface area contributed by atoms with Crippen LogP contribution in [0.15, 0.2) is 30.3 Å². The Hall–Kier alpha value is -1.74. The van der Waals surface area contributed by atoms with Gasteiger partial charge in [-0.1, -0.05) is 24.3 Å². The molecule has 2 aromatic rings. The van der Waals surface area contributed by atoms with Crippen molar-refractivity contribution in [3.05, 3.63) is 41.5 Å². The van der Waals surface area contributed by atoms with Crippen molar-refractivity contribution in [1.29, 1.82) is 0 Å². The van der Waals surface area contributed by atoms with E-state index in [0.717, 1.165) is 5.39 Å². The largest absolute Gasteiger partial charge is 0.478 e. The Morgan fingerprint density at radius 1 is 1.44 bits per heavy atom. The summed E-state index contributed by atoms with van der Waals surface area (Å²) < 4.78 is 5.19. The Morgan fingerprint density at radius 3 is 2.78 bits per heavy atom. The highest BCUT2D eigenvalue weighted by Crippen LogP contribution is 2.33. The molecule has 18 heavy (non-hydrogen) atoms. The fraction of sp³-hybridized carbons (Fsp3) is 0.0714. The molecule has 0 heterocycles. The predicted octanol–water partition coefficient (Wildman–Crippen LogP) is 3.44. The van der Waals surface area contributed by atoms with Crippen molar-refractivity contribution in [3.8, 4) is 18.1 Å². The fourth-order valence-electron chi connectivity index (χ4n) is 1.93. The van der Waals surface area contributed by atoms with Crippen LogP contribution >= 0.6 is 23.0 Å². The Labute approximate surface area is 118 Å². The lowest BCUT2D eigenvalue weighted by Crippen LogP contribution is -2.03. The van der Waals surface area contributed by atoms with Gasteiger partial charge in [-0.3, -0.25) is 0 Å². The molecule has 0 saturated carbocycles. The molecule has 2 rings (SSSR count). The van der Waals surface area contributed by atoms with E-state index in [0.29, 0.717) is 23.1 Å². The first-order valence-corrected chi connectivity index (χ1v) is 6.07. The maximum Gasteiger partial charge on any atom is 0.340 e.